The van der Waals surface area contributed by atoms with Crippen molar-refractivity contribution >= 4 is 58.0 Å². The maximum absolute atomic E-state index is 12.1. The molecule has 0 unspecified atom stereocenters. The van der Waals surface area contributed by atoms with E-state index in [0.717, 1.165) is 6.07 Å². The minimum atomic E-state index is -0.714. The van der Waals surface area contributed by atoms with Gasteiger partial charge in [0.15, 0.2) is 5.11 Å². The third-order valence-electron chi connectivity index (χ3n) is 3.04. The van der Waals surface area contributed by atoms with E-state index < -0.39 is 22.4 Å². The number of rotatable bonds is 3. The number of nitrogens with one attached hydrogen (secondary N) is 3. The quantitative estimate of drug-likeness (QED) is 0.405. The van der Waals surface area contributed by atoms with E-state index in [4.69, 9.17) is 35.4 Å². The summed E-state index contributed by atoms with van der Waals surface area (Å²) in [5.41, 5.74) is 4.39. The second kappa shape index (κ2) is 8.56. The maximum Gasteiger partial charge on any atom is 0.288 e. The van der Waals surface area contributed by atoms with Gasteiger partial charge in [-0.05, 0) is 36.5 Å². The van der Waals surface area contributed by atoms with Crippen LogP contribution in [0.1, 0.15) is 20.7 Å². The highest BCUT2D eigenvalue weighted by Crippen LogP contribution is 2.24. The van der Waals surface area contributed by atoms with Crippen molar-refractivity contribution < 1.29 is 14.5 Å². The highest BCUT2D eigenvalue weighted by Gasteiger charge is 2.17. The van der Waals surface area contributed by atoms with E-state index in [-0.39, 0.29) is 26.3 Å². The van der Waals surface area contributed by atoms with Gasteiger partial charge in [-0.1, -0.05) is 35.3 Å². The molecule has 0 saturated carbocycles. The highest BCUT2D eigenvalue weighted by atomic mass is 35.5. The molecule has 26 heavy (non-hydrogen) atoms. The Balaban J connectivity index is 1.96. The monoisotopic (exact) mass is 412 g/mol. The molecule has 2 aromatic carbocycles. The zero-order valence-electron chi connectivity index (χ0n) is 12.8. The van der Waals surface area contributed by atoms with Crippen molar-refractivity contribution in [2.24, 2.45) is 0 Å². The van der Waals surface area contributed by atoms with Crippen LogP contribution in [0, 0.1) is 10.1 Å². The normalized spacial score (nSPS) is 9.92. The Morgan fingerprint density at radius 3 is 2.35 bits per heavy atom. The van der Waals surface area contributed by atoms with E-state index in [1.54, 1.807) is 18.2 Å². The average molecular weight is 413 g/mol. The first-order valence-electron chi connectivity index (χ1n) is 6.89. The van der Waals surface area contributed by atoms with Crippen LogP contribution in [-0.2, 0) is 0 Å². The molecule has 11 heteroatoms. The molecule has 0 spiro atoms. The first-order chi connectivity index (χ1) is 12.3. The van der Waals surface area contributed by atoms with E-state index in [1.165, 1.54) is 18.2 Å². The van der Waals surface area contributed by atoms with Gasteiger partial charge in [-0.15, -0.1) is 0 Å². The molecular weight excluding hydrogens is 403 g/mol. The summed E-state index contributed by atoms with van der Waals surface area (Å²) in [7, 11) is 0. The largest absolute Gasteiger partial charge is 0.298 e. The van der Waals surface area contributed by atoms with Gasteiger partial charge < -0.3 is 0 Å². The Labute approximate surface area is 162 Å². The fraction of sp³-hybridized carbons (Fsp3) is 0. The first kappa shape index (κ1) is 19.6. The molecule has 3 N–H and O–H groups in total. The maximum atomic E-state index is 12.1. The predicted molar refractivity (Wildman–Crippen MR) is 100 cm³/mol. The molecule has 2 aromatic rings. The van der Waals surface area contributed by atoms with E-state index in [2.05, 4.69) is 16.2 Å². The molecule has 8 nitrogen and oxygen atoms in total. The van der Waals surface area contributed by atoms with Gasteiger partial charge in [-0.25, -0.2) is 0 Å². The number of hydrogen-bond donors (Lipinski definition) is 3. The molecule has 2 rings (SSSR count). The number of thiocarbonyl (C=S) groups is 1. The van der Waals surface area contributed by atoms with Gasteiger partial charge in [0.05, 0.1) is 15.5 Å². The minimum absolute atomic E-state index is 0.0253. The molecule has 0 saturated heterocycles. The van der Waals surface area contributed by atoms with Crippen LogP contribution < -0.4 is 16.2 Å². The van der Waals surface area contributed by atoms with Gasteiger partial charge in [-0.3, -0.25) is 35.9 Å². The number of nitrogens with zero attached hydrogens (tertiary/aromatic N) is 1. The van der Waals surface area contributed by atoms with Crippen LogP contribution in [0.15, 0.2) is 42.5 Å². The number of halogens is 2. The number of carbonyl (C=O) groups is 2. The predicted octanol–water partition coefficient (Wildman–Crippen LogP) is 2.85. The molecule has 0 aliphatic carbocycles. The molecule has 0 aliphatic rings. The third kappa shape index (κ3) is 4.88. The van der Waals surface area contributed by atoms with Crippen LogP contribution in [0.5, 0.6) is 0 Å². The van der Waals surface area contributed by atoms with Gasteiger partial charge in [0, 0.05) is 11.6 Å². The van der Waals surface area contributed by atoms with E-state index in [9.17, 15) is 19.7 Å². The van der Waals surface area contributed by atoms with Crippen LogP contribution in [0.3, 0.4) is 0 Å². The zero-order chi connectivity index (χ0) is 19.3. The highest BCUT2D eigenvalue weighted by molar-refractivity contribution is 7.80. The van der Waals surface area contributed by atoms with E-state index >= 15 is 0 Å². The zero-order valence-corrected chi connectivity index (χ0v) is 15.1. The van der Waals surface area contributed by atoms with E-state index in [1.807, 2.05) is 0 Å². The van der Waals surface area contributed by atoms with Gasteiger partial charge in [0.2, 0.25) is 0 Å². The molecule has 0 heterocycles. The number of benzene rings is 2. The molecule has 0 aliphatic heterocycles. The van der Waals surface area contributed by atoms with Crippen molar-refractivity contribution in [1.29, 1.82) is 0 Å². The van der Waals surface area contributed by atoms with Gasteiger partial charge in [-0.2, -0.15) is 0 Å². The molecule has 2 amide bonds. The molecule has 0 fully saturated rings. The minimum Gasteiger partial charge on any atom is -0.298 e. The molecular formula is C15H10Cl2N4O4S. The second-order valence-corrected chi connectivity index (χ2v) is 5.99. The summed E-state index contributed by atoms with van der Waals surface area (Å²) in [6, 6.07) is 9.90. The fourth-order valence-electron chi connectivity index (χ4n) is 1.83. The number of carbonyl (C=O) groups excluding carboxylic acids is 2. The standard InChI is InChI=1S/C15H10Cl2N4O4S/c16-10-4-2-1-3-9(10)14(23)19-20-15(26)18-13(22)8-5-6-11(17)12(7-8)21(24)25/h1-7H,(H,19,23)(H2,18,20,22,26). The molecule has 0 atom stereocenters. The molecule has 0 radical (unpaired) electrons. The first-order valence-corrected chi connectivity index (χ1v) is 8.06. The number of nitro benzene ring substituents is 1. The number of hydrogen-bond acceptors (Lipinski definition) is 5. The third-order valence-corrected chi connectivity index (χ3v) is 3.89. The SMILES string of the molecule is O=C(NC(=S)NNC(=O)c1ccccc1Cl)c1ccc(Cl)c([N+](=O)[O-])c1. The number of nitro groups is 1. The molecule has 0 aromatic heterocycles. The number of hydrazine groups is 1. The van der Waals surface area contributed by atoms with Crippen molar-refractivity contribution in [3.63, 3.8) is 0 Å². The summed E-state index contributed by atoms with van der Waals surface area (Å²) in [5, 5.41) is 13.1. The summed E-state index contributed by atoms with van der Waals surface area (Å²) in [6.45, 7) is 0. The second-order valence-electron chi connectivity index (χ2n) is 4.77. The van der Waals surface area contributed by atoms with Gasteiger partial charge in [0.25, 0.3) is 17.5 Å². The van der Waals surface area contributed by atoms with E-state index in [0.29, 0.717) is 0 Å². The Kier molecular flexibility index (Phi) is 6.45. The summed E-state index contributed by atoms with van der Waals surface area (Å²) < 4.78 is 0. The van der Waals surface area contributed by atoms with Crippen molar-refractivity contribution in [2.75, 3.05) is 0 Å². The fourth-order valence-corrected chi connectivity index (χ4v) is 2.38. The van der Waals surface area contributed by atoms with Crippen LogP contribution >= 0.6 is 35.4 Å². The number of amides is 2. The molecule has 0 bridgehead atoms. The lowest BCUT2D eigenvalue weighted by Crippen LogP contribution is -2.48. The van der Waals surface area contributed by atoms with Gasteiger partial charge >= 0.3 is 0 Å². The topological polar surface area (TPSA) is 113 Å². The summed E-state index contributed by atoms with van der Waals surface area (Å²) >= 11 is 16.5. The Hall–Kier alpha value is -2.75. The van der Waals surface area contributed by atoms with Crippen molar-refractivity contribution in [2.45, 2.75) is 0 Å². The lowest BCUT2D eigenvalue weighted by Gasteiger charge is -2.11. The Morgan fingerprint density at radius 2 is 1.69 bits per heavy atom. The lowest BCUT2D eigenvalue weighted by molar-refractivity contribution is -0.384. The lowest BCUT2D eigenvalue weighted by atomic mass is 10.2. The van der Waals surface area contributed by atoms with Crippen molar-refractivity contribution in [3.05, 3.63) is 73.8 Å². The Bertz CT molecular complexity index is 907. The van der Waals surface area contributed by atoms with Crippen LogP contribution in [0.2, 0.25) is 10.0 Å². The summed E-state index contributed by atoms with van der Waals surface area (Å²) in [5.74, 6) is -1.27. The van der Waals surface area contributed by atoms with Gasteiger partial charge in [0.1, 0.15) is 5.02 Å². The van der Waals surface area contributed by atoms with Crippen molar-refractivity contribution in [3.8, 4) is 0 Å². The smallest absolute Gasteiger partial charge is 0.288 e. The summed E-state index contributed by atoms with van der Waals surface area (Å²) in [4.78, 5) is 34.2. The van der Waals surface area contributed by atoms with Crippen molar-refractivity contribution in [1.82, 2.24) is 16.2 Å². The summed E-state index contributed by atoms with van der Waals surface area (Å²) in [6.07, 6.45) is 0. The Morgan fingerprint density at radius 1 is 1.00 bits per heavy atom. The van der Waals surface area contributed by atoms with Crippen LogP contribution in [0.4, 0.5) is 5.69 Å². The van der Waals surface area contributed by atoms with Crippen LogP contribution in [0.25, 0.3) is 0 Å². The van der Waals surface area contributed by atoms with Crippen LogP contribution in [-0.4, -0.2) is 21.9 Å². The average Bonchev–Trinajstić information content (AvgIpc) is 2.60. The molecule has 134 valence electrons.